The fourth-order valence-electron chi connectivity index (χ4n) is 8.29. The molecule has 9 rings (SSSR count). The molecule has 5 aromatic rings. The van der Waals surface area contributed by atoms with E-state index in [4.69, 9.17) is 14.7 Å². The predicted molar refractivity (Wildman–Crippen MR) is 212 cm³/mol. The molecule has 288 valence electrons. The number of pyridine rings is 2. The first-order valence-corrected chi connectivity index (χ1v) is 20.4. The van der Waals surface area contributed by atoms with Crippen molar-refractivity contribution in [2.45, 2.75) is 50.5 Å². The minimum absolute atomic E-state index is 0.198. The molecule has 9 heterocycles. The summed E-state index contributed by atoms with van der Waals surface area (Å²) < 4.78 is 7.45. The van der Waals surface area contributed by atoms with Crippen molar-refractivity contribution in [3.05, 3.63) is 66.1 Å². The van der Waals surface area contributed by atoms with Crippen LogP contribution in [0.4, 0.5) is 16.6 Å². The number of rotatable bonds is 9. The van der Waals surface area contributed by atoms with Crippen LogP contribution in [-0.4, -0.2) is 112 Å². The van der Waals surface area contributed by atoms with Crippen molar-refractivity contribution >= 4 is 45.3 Å². The standard InChI is InChI=1S/C40H44N12O3S/c41-21-27-19-30-2-4-35(52(30)44-22-27)34-20-33(45-29-9-17-55-18-10-29)32(24-42-34)39-47-48-40(56-39)51-15-13-49(14-16-51)25-26-7-11-50(12-8-26)36-5-1-28(23-43-36)31-3-6-37(53)46-38(31)54/h1-2,4-5,19-20,22-24,26,29,31H,3,6-18,25H2,(H,42,45)(H,46,53,54)/t31-/m0/s1. The van der Waals surface area contributed by atoms with Crippen molar-refractivity contribution in [1.82, 2.24) is 40.0 Å². The molecule has 5 aromatic heterocycles. The van der Waals surface area contributed by atoms with Gasteiger partial charge in [-0.05, 0) is 73.9 Å². The van der Waals surface area contributed by atoms with Gasteiger partial charge in [-0.15, -0.1) is 10.2 Å². The highest BCUT2D eigenvalue weighted by Crippen LogP contribution is 2.37. The Bertz CT molecular complexity index is 2250. The van der Waals surface area contributed by atoms with E-state index in [-0.39, 0.29) is 23.8 Å². The number of hydrogen-bond donors (Lipinski definition) is 2. The molecule has 0 radical (unpaired) electrons. The molecule has 0 aromatic carbocycles. The number of nitrogens with zero attached hydrogens (tertiary/aromatic N) is 10. The molecule has 2 amide bonds. The number of fused-ring (bicyclic) bond motifs is 1. The van der Waals surface area contributed by atoms with E-state index in [1.807, 2.05) is 41.0 Å². The lowest BCUT2D eigenvalue weighted by atomic mass is 9.91. The molecule has 0 bridgehead atoms. The van der Waals surface area contributed by atoms with Gasteiger partial charge in [0.25, 0.3) is 0 Å². The van der Waals surface area contributed by atoms with Crippen LogP contribution in [0.15, 0.2) is 55.0 Å². The SMILES string of the molecule is N#Cc1cnn2c(-c3cc(NC4CCOCC4)c(-c4nnc(N5CCN(CC6CCN(c7ccc([C@@H]8CCC(=O)NC8=O)cn7)CC6)CC5)s4)cn3)ccc2c1. The molecule has 15 nitrogen and oxygen atoms in total. The van der Waals surface area contributed by atoms with Crippen LogP contribution >= 0.6 is 11.3 Å². The molecule has 0 aliphatic carbocycles. The highest BCUT2D eigenvalue weighted by atomic mass is 32.1. The lowest BCUT2D eigenvalue weighted by molar-refractivity contribution is -0.134. The average molecular weight is 773 g/mol. The summed E-state index contributed by atoms with van der Waals surface area (Å²) in [5.74, 6) is 0.860. The molecule has 4 saturated heterocycles. The highest BCUT2D eigenvalue weighted by molar-refractivity contribution is 7.18. The number of nitriles is 1. The summed E-state index contributed by atoms with van der Waals surface area (Å²) in [6.07, 6.45) is 10.3. The Balaban J connectivity index is 0.810. The van der Waals surface area contributed by atoms with E-state index in [2.05, 4.69) is 52.8 Å². The van der Waals surface area contributed by atoms with E-state index >= 15 is 0 Å². The highest BCUT2D eigenvalue weighted by Gasteiger charge is 2.30. The number of aromatic nitrogens is 6. The molecular weight excluding hydrogens is 729 g/mol. The van der Waals surface area contributed by atoms with Crippen molar-refractivity contribution in [1.29, 1.82) is 5.26 Å². The monoisotopic (exact) mass is 772 g/mol. The Labute approximate surface area is 328 Å². The smallest absolute Gasteiger partial charge is 0.234 e. The zero-order chi connectivity index (χ0) is 38.0. The van der Waals surface area contributed by atoms with E-state index in [0.717, 1.165) is 134 Å². The number of carbonyl (C=O) groups is 2. The number of carbonyl (C=O) groups excluding carboxylic acids is 2. The van der Waals surface area contributed by atoms with E-state index in [1.165, 1.54) is 0 Å². The van der Waals surface area contributed by atoms with Crippen LogP contribution in [0.3, 0.4) is 0 Å². The van der Waals surface area contributed by atoms with Crippen LogP contribution in [0.2, 0.25) is 0 Å². The maximum absolute atomic E-state index is 12.3. The molecule has 16 heteroatoms. The largest absolute Gasteiger partial charge is 0.381 e. The zero-order valence-electron chi connectivity index (χ0n) is 31.1. The summed E-state index contributed by atoms with van der Waals surface area (Å²) in [7, 11) is 0. The summed E-state index contributed by atoms with van der Waals surface area (Å²) >= 11 is 1.61. The molecule has 1 atom stereocenters. The van der Waals surface area contributed by atoms with Crippen LogP contribution in [0.5, 0.6) is 0 Å². The Kier molecular flexibility index (Phi) is 10.3. The third-order valence-electron chi connectivity index (χ3n) is 11.5. The maximum atomic E-state index is 12.3. The maximum Gasteiger partial charge on any atom is 0.234 e. The fourth-order valence-corrected chi connectivity index (χ4v) is 9.21. The van der Waals surface area contributed by atoms with Gasteiger partial charge in [-0.3, -0.25) is 24.8 Å². The van der Waals surface area contributed by atoms with Gasteiger partial charge in [0.15, 0.2) is 5.01 Å². The Morgan fingerprint density at radius 1 is 0.893 bits per heavy atom. The van der Waals surface area contributed by atoms with E-state index in [9.17, 15) is 14.9 Å². The van der Waals surface area contributed by atoms with Gasteiger partial charge in [-0.1, -0.05) is 17.4 Å². The van der Waals surface area contributed by atoms with Gasteiger partial charge >= 0.3 is 0 Å². The van der Waals surface area contributed by atoms with Crippen molar-refractivity contribution < 1.29 is 14.3 Å². The summed E-state index contributed by atoms with van der Waals surface area (Å²) in [6, 6.07) is 14.3. The second-order valence-electron chi connectivity index (χ2n) is 15.1. The van der Waals surface area contributed by atoms with E-state index in [1.54, 1.807) is 23.7 Å². The first-order chi connectivity index (χ1) is 27.5. The van der Waals surface area contributed by atoms with Crippen LogP contribution in [0.1, 0.15) is 55.6 Å². The van der Waals surface area contributed by atoms with Gasteiger partial charge in [0.2, 0.25) is 16.9 Å². The summed E-state index contributed by atoms with van der Waals surface area (Å²) in [6.45, 7) is 8.27. The lowest BCUT2D eigenvalue weighted by Crippen LogP contribution is -2.49. The molecule has 4 aliphatic rings. The summed E-state index contributed by atoms with van der Waals surface area (Å²) in [5.41, 5.74) is 5.75. The van der Waals surface area contributed by atoms with Crippen molar-refractivity contribution in [3.8, 4) is 28.0 Å². The number of piperidine rings is 2. The minimum Gasteiger partial charge on any atom is -0.381 e. The second kappa shape index (κ2) is 15.9. The number of amides is 2. The van der Waals surface area contributed by atoms with Crippen LogP contribution in [0.25, 0.3) is 27.5 Å². The minimum atomic E-state index is -0.306. The normalized spacial score (nSPS) is 20.3. The Hall–Kier alpha value is -5.50. The fraction of sp³-hybridized carbons (Fsp3) is 0.450. The molecule has 2 N–H and O–H groups in total. The number of hydrogen-bond acceptors (Lipinski definition) is 14. The van der Waals surface area contributed by atoms with Gasteiger partial charge in [0, 0.05) is 89.6 Å². The number of nitrogens with one attached hydrogen (secondary N) is 2. The van der Waals surface area contributed by atoms with Gasteiger partial charge in [-0.25, -0.2) is 9.50 Å². The third kappa shape index (κ3) is 7.66. The third-order valence-corrected chi connectivity index (χ3v) is 12.5. The molecule has 0 unspecified atom stereocenters. The zero-order valence-corrected chi connectivity index (χ0v) is 32.0. The van der Waals surface area contributed by atoms with Crippen molar-refractivity contribution in [2.75, 3.05) is 74.1 Å². The number of anilines is 3. The van der Waals surface area contributed by atoms with Crippen molar-refractivity contribution in [3.63, 3.8) is 0 Å². The van der Waals surface area contributed by atoms with E-state index < -0.39 is 0 Å². The molecule has 0 saturated carbocycles. The lowest BCUT2D eigenvalue weighted by Gasteiger charge is -2.39. The summed E-state index contributed by atoms with van der Waals surface area (Å²) in [5, 5.41) is 31.2. The second-order valence-corrected chi connectivity index (χ2v) is 16.1. The molecule has 0 spiro atoms. The van der Waals surface area contributed by atoms with Gasteiger partial charge < -0.3 is 19.9 Å². The number of imide groups is 1. The molecular formula is C40H44N12O3S. The predicted octanol–water partition coefficient (Wildman–Crippen LogP) is 4.33. The quantitative estimate of drug-likeness (QED) is 0.203. The van der Waals surface area contributed by atoms with E-state index in [0.29, 0.717) is 24.3 Å². The number of ether oxygens (including phenoxy) is 1. The van der Waals surface area contributed by atoms with Gasteiger partial charge in [0.1, 0.15) is 11.9 Å². The molecule has 4 aliphatic heterocycles. The molecule has 4 fully saturated rings. The summed E-state index contributed by atoms with van der Waals surface area (Å²) in [4.78, 5) is 40.7. The number of piperazine rings is 1. The van der Waals surface area contributed by atoms with Crippen LogP contribution in [0, 0.1) is 17.2 Å². The van der Waals surface area contributed by atoms with Gasteiger partial charge in [0.05, 0.1) is 40.1 Å². The van der Waals surface area contributed by atoms with Crippen LogP contribution in [-0.2, 0) is 14.3 Å². The molecule has 56 heavy (non-hydrogen) atoms. The van der Waals surface area contributed by atoms with Crippen molar-refractivity contribution in [2.24, 2.45) is 5.92 Å². The first-order valence-electron chi connectivity index (χ1n) is 19.6. The topological polar surface area (TPSA) is 170 Å². The van der Waals surface area contributed by atoms with Gasteiger partial charge in [-0.2, -0.15) is 10.4 Å². The Morgan fingerprint density at radius 3 is 2.50 bits per heavy atom. The first kappa shape index (κ1) is 36.2. The average Bonchev–Trinajstić information content (AvgIpc) is 3.90. The Morgan fingerprint density at radius 2 is 1.73 bits per heavy atom. The van der Waals surface area contributed by atoms with Crippen LogP contribution < -0.4 is 20.4 Å².